The van der Waals surface area contributed by atoms with Gasteiger partial charge in [0.2, 0.25) is 0 Å². The fraction of sp³-hybridized carbons (Fsp3) is 0.647. The van der Waals surface area contributed by atoms with E-state index in [9.17, 15) is 0 Å². The Morgan fingerprint density at radius 3 is 2.84 bits per heavy atom. The molecule has 19 heavy (non-hydrogen) atoms. The van der Waals surface area contributed by atoms with Gasteiger partial charge in [0.15, 0.2) is 0 Å². The van der Waals surface area contributed by atoms with Crippen molar-refractivity contribution in [1.29, 1.82) is 0 Å². The molecule has 2 rings (SSSR count). The van der Waals surface area contributed by atoms with Gasteiger partial charge in [-0.2, -0.15) is 0 Å². The summed E-state index contributed by atoms with van der Waals surface area (Å²) in [6, 6.07) is 6.84. The molecule has 0 spiro atoms. The fourth-order valence-corrected chi connectivity index (χ4v) is 2.71. The van der Waals surface area contributed by atoms with Gasteiger partial charge in [0.1, 0.15) is 0 Å². The number of hydrogen-bond donors (Lipinski definition) is 2. The van der Waals surface area contributed by atoms with Crippen LogP contribution in [0.2, 0.25) is 0 Å². The molecule has 0 saturated carbocycles. The van der Waals surface area contributed by atoms with E-state index in [1.54, 1.807) is 0 Å². The molecule has 0 fully saturated rings. The third-order valence-electron chi connectivity index (χ3n) is 3.92. The van der Waals surface area contributed by atoms with Crippen LogP contribution >= 0.6 is 0 Å². The number of benzene rings is 1. The zero-order valence-electron chi connectivity index (χ0n) is 12.3. The van der Waals surface area contributed by atoms with E-state index in [0.29, 0.717) is 0 Å². The highest BCUT2D eigenvalue weighted by Gasteiger charge is 2.09. The standard InChI is InChI=1S/C17H28N2/c1-2-3-4-5-6-7-11-18-14-15-8-9-16-10-12-19-17(16)13-15/h8-9,13,18-19H,2-7,10-12,14H2,1H3. The molecule has 1 aromatic carbocycles. The van der Waals surface area contributed by atoms with Crippen molar-refractivity contribution < 1.29 is 0 Å². The van der Waals surface area contributed by atoms with E-state index in [-0.39, 0.29) is 0 Å². The summed E-state index contributed by atoms with van der Waals surface area (Å²) in [5.74, 6) is 0. The van der Waals surface area contributed by atoms with Crippen molar-refractivity contribution in [2.75, 3.05) is 18.4 Å². The molecular weight excluding hydrogens is 232 g/mol. The molecule has 106 valence electrons. The van der Waals surface area contributed by atoms with Crippen molar-refractivity contribution in [3.8, 4) is 0 Å². The first-order valence-corrected chi connectivity index (χ1v) is 7.96. The first-order chi connectivity index (χ1) is 9.40. The highest BCUT2D eigenvalue weighted by Crippen LogP contribution is 2.23. The first kappa shape index (κ1) is 14.4. The van der Waals surface area contributed by atoms with E-state index in [4.69, 9.17) is 0 Å². The van der Waals surface area contributed by atoms with E-state index in [1.165, 1.54) is 61.8 Å². The van der Waals surface area contributed by atoms with Crippen molar-refractivity contribution >= 4 is 5.69 Å². The Kier molecular flexibility index (Phi) is 6.22. The van der Waals surface area contributed by atoms with Crippen molar-refractivity contribution in [1.82, 2.24) is 5.32 Å². The van der Waals surface area contributed by atoms with Crippen molar-refractivity contribution in [2.24, 2.45) is 0 Å². The molecule has 0 aromatic heterocycles. The van der Waals surface area contributed by atoms with Crippen LogP contribution < -0.4 is 10.6 Å². The molecule has 0 amide bonds. The molecule has 1 aromatic rings. The van der Waals surface area contributed by atoms with Crippen LogP contribution in [0, 0.1) is 0 Å². The predicted molar refractivity (Wildman–Crippen MR) is 83.7 cm³/mol. The van der Waals surface area contributed by atoms with Gasteiger partial charge in [0.05, 0.1) is 0 Å². The van der Waals surface area contributed by atoms with Gasteiger partial charge < -0.3 is 10.6 Å². The van der Waals surface area contributed by atoms with E-state index in [0.717, 1.165) is 19.6 Å². The van der Waals surface area contributed by atoms with Crippen molar-refractivity contribution in [3.63, 3.8) is 0 Å². The summed E-state index contributed by atoms with van der Waals surface area (Å²) < 4.78 is 0. The molecule has 0 radical (unpaired) electrons. The molecule has 1 heterocycles. The monoisotopic (exact) mass is 260 g/mol. The minimum absolute atomic E-state index is 1.00. The zero-order valence-corrected chi connectivity index (χ0v) is 12.3. The maximum Gasteiger partial charge on any atom is 0.0376 e. The lowest BCUT2D eigenvalue weighted by molar-refractivity contribution is 0.572. The number of unbranched alkanes of at least 4 members (excludes halogenated alkanes) is 5. The second kappa shape index (κ2) is 8.21. The van der Waals surface area contributed by atoms with Crippen LogP contribution in [-0.4, -0.2) is 13.1 Å². The summed E-state index contributed by atoms with van der Waals surface area (Å²) in [4.78, 5) is 0. The van der Waals surface area contributed by atoms with Crippen LogP contribution in [0.25, 0.3) is 0 Å². The Hall–Kier alpha value is -1.02. The summed E-state index contributed by atoms with van der Waals surface area (Å²) in [6.45, 7) is 5.53. The topological polar surface area (TPSA) is 24.1 Å². The molecule has 0 atom stereocenters. The van der Waals surface area contributed by atoms with Crippen molar-refractivity contribution in [2.45, 2.75) is 58.4 Å². The largest absolute Gasteiger partial charge is 0.384 e. The molecule has 0 aliphatic carbocycles. The number of anilines is 1. The van der Waals surface area contributed by atoms with Gasteiger partial charge in [0.25, 0.3) is 0 Å². The maximum absolute atomic E-state index is 3.56. The Balaban J connectivity index is 1.56. The molecule has 2 N–H and O–H groups in total. The number of fused-ring (bicyclic) bond motifs is 1. The molecule has 0 bridgehead atoms. The van der Waals surface area contributed by atoms with E-state index >= 15 is 0 Å². The smallest absolute Gasteiger partial charge is 0.0376 e. The summed E-state index contributed by atoms with van der Waals surface area (Å²) in [6.07, 6.45) is 9.41. The zero-order chi connectivity index (χ0) is 13.3. The lowest BCUT2D eigenvalue weighted by atomic mass is 10.1. The normalized spacial score (nSPS) is 13.3. The summed E-state index contributed by atoms with van der Waals surface area (Å²) in [7, 11) is 0. The van der Waals surface area contributed by atoms with Gasteiger partial charge in [-0.3, -0.25) is 0 Å². The fourth-order valence-electron chi connectivity index (χ4n) is 2.71. The SMILES string of the molecule is CCCCCCCCNCc1ccc2c(c1)NCC2. The molecule has 0 unspecified atom stereocenters. The van der Waals surface area contributed by atoms with Crippen molar-refractivity contribution in [3.05, 3.63) is 29.3 Å². The first-order valence-electron chi connectivity index (χ1n) is 7.96. The van der Waals surface area contributed by atoms with Gasteiger partial charge >= 0.3 is 0 Å². The lowest BCUT2D eigenvalue weighted by Gasteiger charge is -2.07. The molecular formula is C17H28N2. The quantitative estimate of drug-likeness (QED) is 0.653. The summed E-state index contributed by atoms with van der Waals surface area (Å²) in [5.41, 5.74) is 4.22. The third kappa shape index (κ3) is 4.87. The number of hydrogen-bond acceptors (Lipinski definition) is 2. The van der Waals surface area contributed by atoms with Gasteiger partial charge in [-0.25, -0.2) is 0 Å². The Labute approximate surface area is 118 Å². The maximum atomic E-state index is 3.56. The van der Waals surface area contributed by atoms with Crippen LogP contribution in [0.4, 0.5) is 5.69 Å². The lowest BCUT2D eigenvalue weighted by Crippen LogP contribution is -2.14. The van der Waals surface area contributed by atoms with Gasteiger partial charge in [-0.1, -0.05) is 51.2 Å². The predicted octanol–water partition coefficient (Wildman–Crippen LogP) is 4.10. The van der Waals surface area contributed by atoms with Crippen LogP contribution in [0.5, 0.6) is 0 Å². The highest BCUT2D eigenvalue weighted by atomic mass is 14.9. The van der Waals surface area contributed by atoms with Crippen LogP contribution in [0.3, 0.4) is 0 Å². The Morgan fingerprint density at radius 2 is 1.95 bits per heavy atom. The molecule has 2 heteroatoms. The third-order valence-corrected chi connectivity index (χ3v) is 3.92. The minimum Gasteiger partial charge on any atom is -0.384 e. The highest BCUT2D eigenvalue weighted by molar-refractivity contribution is 5.56. The van der Waals surface area contributed by atoms with E-state index < -0.39 is 0 Å². The average Bonchev–Trinajstić information content (AvgIpc) is 2.89. The minimum atomic E-state index is 1.00. The van der Waals surface area contributed by atoms with Gasteiger partial charge in [-0.05, 0) is 36.6 Å². The number of nitrogens with one attached hydrogen (secondary N) is 2. The summed E-state index contributed by atoms with van der Waals surface area (Å²) >= 11 is 0. The van der Waals surface area contributed by atoms with Crippen LogP contribution in [-0.2, 0) is 13.0 Å². The average molecular weight is 260 g/mol. The Bertz CT molecular complexity index is 374. The van der Waals surface area contributed by atoms with Gasteiger partial charge in [0, 0.05) is 18.8 Å². The van der Waals surface area contributed by atoms with Gasteiger partial charge in [-0.15, -0.1) is 0 Å². The number of rotatable bonds is 9. The Morgan fingerprint density at radius 1 is 1.11 bits per heavy atom. The van der Waals surface area contributed by atoms with E-state index in [2.05, 4.69) is 35.8 Å². The van der Waals surface area contributed by atoms with Crippen LogP contribution in [0.15, 0.2) is 18.2 Å². The molecule has 0 saturated heterocycles. The second-order valence-corrected chi connectivity index (χ2v) is 5.61. The summed E-state index contributed by atoms with van der Waals surface area (Å²) in [5, 5.41) is 7.00. The molecule has 1 aliphatic heterocycles. The molecule has 1 aliphatic rings. The van der Waals surface area contributed by atoms with E-state index in [1.807, 2.05) is 0 Å². The molecule has 2 nitrogen and oxygen atoms in total. The second-order valence-electron chi connectivity index (χ2n) is 5.61. The van der Waals surface area contributed by atoms with Crippen LogP contribution in [0.1, 0.15) is 56.6 Å².